The van der Waals surface area contributed by atoms with Gasteiger partial charge in [0.2, 0.25) is 0 Å². The summed E-state index contributed by atoms with van der Waals surface area (Å²) in [5, 5.41) is 0.931. The number of furan rings is 1. The van der Waals surface area contributed by atoms with Crippen LogP contribution in [0.5, 0.6) is 0 Å². The van der Waals surface area contributed by atoms with E-state index in [1.807, 2.05) is 26.0 Å². The van der Waals surface area contributed by atoms with Crippen LogP contribution in [0, 0.1) is 20.8 Å². The number of aromatic nitrogens is 3. The molecule has 20 heavy (non-hydrogen) atoms. The second-order valence-electron chi connectivity index (χ2n) is 5.16. The number of anilines is 1. The summed E-state index contributed by atoms with van der Waals surface area (Å²) < 4.78 is 7.90. The minimum Gasteiger partial charge on any atom is -0.464 e. The number of fused-ring (bicyclic) bond motifs is 1. The fraction of sp³-hybridized carbons (Fsp3) is 0.333. The van der Waals surface area contributed by atoms with E-state index in [4.69, 9.17) is 10.2 Å². The van der Waals surface area contributed by atoms with E-state index in [-0.39, 0.29) is 6.04 Å². The third-order valence-corrected chi connectivity index (χ3v) is 3.92. The molecular weight excluding hydrogens is 252 g/mol. The Labute approximate surface area is 117 Å². The Bertz CT molecular complexity index is 785. The molecule has 2 N–H and O–H groups in total. The lowest BCUT2D eigenvalue weighted by Crippen LogP contribution is -2.08. The van der Waals surface area contributed by atoms with Crippen LogP contribution in [0.1, 0.15) is 35.7 Å². The van der Waals surface area contributed by atoms with Crippen LogP contribution in [0.15, 0.2) is 22.9 Å². The van der Waals surface area contributed by atoms with Gasteiger partial charge in [-0.3, -0.25) is 0 Å². The molecule has 3 heterocycles. The summed E-state index contributed by atoms with van der Waals surface area (Å²) >= 11 is 0. The lowest BCUT2D eigenvalue weighted by Gasteiger charge is -2.14. The van der Waals surface area contributed by atoms with Crippen LogP contribution in [0.4, 0.5) is 5.82 Å². The Balaban J connectivity index is 2.26. The summed E-state index contributed by atoms with van der Waals surface area (Å²) in [5.41, 5.74) is 9.10. The van der Waals surface area contributed by atoms with Crippen molar-refractivity contribution in [3.63, 3.8) is 0 Å². The molecule has 0 bridgehead atoms. The smallest absolute Gasteiger partial charge is 0.146 e. The van der Waals surface area contributed by atoms with Gasteiger partial charge in [-0.05, 0) is 45.4 Å². The fourth-order valence-corrected chi connectivity index (χ4v) is 2.73. The van der Waals surface area contributed by atoms with E-state index in [0.29, 0.717) is 5.82 Å². The van der Waals surface area contributed by atoms with Crippen molar-refractivity contribution in [2.75, 3.05) is 5.73 Å². The van der Waals surface area contributed by atoms with Crippen molar-refractivity contribution in [1.82, 2.24) is 14.5 Å². The molecule has 5 heteroatoms. The normalized spacial score (nSPS) is 13.0. The van der Waals surface area contributed by atoms with Crippen LogP contribution in [-0.4, -0.2) is 14.5 Å². The largest absolute Gasteiger partial charge is 0.464 e. The first kappa shape index (κ1) is 12.7. The molecule has 0 aromatic carbocycles. The maximum Gasteiger partial charge on any atom is 0.146 e. The van der Waals surface area contributed by atoms with E-state index in [1.54, 1.807) is 0 Å². The highest BCUT2D eigenvalue weighted by molar-refractivity contribution is 5.90. The summed E-state index contributed by atoms with van der Waals surface area (Å²) in [6, 6.07) is 4.04. The molecule has 3 rings (SSSR count). The minimum absolute atomic E-state index is 0.0641. The zero-order valence-corrected chi connectivity index (χ0v) is 12.1. The van der Waals surface area contributed by atoms with Crippen molar-refractivity contribution in [1.29, 1.82) is 0 Å². The fourth-order valence-electron chi connectivity index (χ4n) is 2.73. The van der Waals surface area contributed by atoms with Gasteiger partial charge in [-0.1, -0.05) is 0 Å². The number of aryl methyl sites for hydroxylation is 2. The number of nitrogens with two attached hydrogens (primary N) is 1. The van der Waals surface area contributed by atoms with Crippen molar-refractivity contribution in [2.24, 2.45) is 0 Å². The molecule has 3 aromatic rings. The second-order valence-corrected chi connectivity index (χ2v) is 5.16. The first-order valence-corrected chi connectivity index (χ1v) is 6.64. The van der Waals surface area contributed by atoms with E-state index >= 15 is 0 Å². The number of nitrogens with zero attached hydrogens (tertiary/aromatic N) is 3. The highest BCUT2D eigenvalue weighted by Crippen LogP contribution is 2.32. The van der Waals surface area contributed by atoms with Gasteiger partial charge in [0.1, 0.15) is 29.3 Å². The summed E-state index contributed by atoms with van der Waals surface area (Å²) in [6.07, 6.45) is 1.51. The zero-order valence-electron chi connectivity index (χ0n) is 12.1. The maximum absolute atomic E-state index is 5.99. The monoisotopic (exact) mass is 270 g/mol. The van der Waals surface area contributed by atoms with Crippen molar-refractivity contribution >= 4 is 16.9 Å². The van der Waals surface area contributed by atoms with Crippen LogP contribution >= 0.6 is 0 Å². The quantitative estimate of drug-likeness (QED) is 0.776. The van der Waals surface area contributed by atoms with E-state index in [1.165, 1.54) is 6.33 Å². The second kappa shape index (κ2) is 4.37. The predicted octanol–water partition coefficient (Wildman–Crippen LogP) is 3.14. The van der Waals surface area contributed by atoms with E-state index in [2.05, 4.69) is 28.4 Å². The van der Waals surface area contributed by atoms with Crippen LogP contribution in [0.2, 0.25) is 0 Å². The van der Waals surface area contributed by atoms with Gasteiger partial charge < -0.3 is 14.7 Å². The van der Waals surface area contributed by atoms with Crippen LogP contribution < -0.4 is 5.73 Å². The molecule has 0 saturated heterocycles. The summed E-state index contributed by atoms with van der Waals surface area (Å²) in [7, 11) is 0. The first-order chi connectivity index (χ1) is 9.50. The van der Waals surface area contributed by atoms with Crippen molar-refractivity contribution in [2.45, 2.75) is 33.7 Å². The van der Waals surface area contributed by atoms with Crippen molar-refractivity contribution in [3.8, 4) is 0 Å². The van der Waals surface area contributed by atoms with Gasteiger partial charge in [0, 0.05) is 5.69 Å². The van der Waals surface area contributed by atoms with Gasteiger partial charge in [0.15, 0.2) is 0 Å². The molecule has 3 aromatic heterocycles. The van der Waals surface area contributed by atoms with E-state index in [9.17, 15) is 0 Å². The minimum atomic E-state index is 0.0641. The van der Waals surface area contributed by atoms with E-state index in [0.717, 1.165) is 33.8 Å². The maximum atomic E-state index is 5.99. The van der Waals surface area contributed by atoms with Gasteiger partial charge in [-0.25, -0.2) is 9.97 Å². The zero-order chi connectivity index (χ0) is 14.4. The molecule has 0 aliphatic rings. The molecule has 0 fully saturated rings. The standard InChI is InChI=1S/C15H18N4O/c1-8-5-6-12(20-8)11(4)19-10(3)9(2)13-14(16)17-7-18-15(13)19/h5-7,11H,1-4H3,(H2,16,17,18). The molecule has 5 nitrogen and oxygen atoms in total. The average molecular weight is 270 g/mol. The molecule has 0 saturated carbocycles. The first-order valence-electron chi connectivity index (χ1n) is 6.64. The molecule has 0 radical (unpaired) electrons. The number of hydrogen-bond donors (Lipinski definition) is 1. The van der Waals surface area contributed by atoms with Crippen LogP contribution in [0.25, 0.3) is 11.0 Å². The Morgan fingerprint density at radius 1 is 1.20 bits per heavy atom. The van der Waals surface area contributed by atoms with Gasteiger partial charge in [0.05, 0.1) is 11.4 Å². The third kappa shape index (κ3) is 1.70. The Hall–Kier alpha value is -2.30. The number of rotatable bonds is 2. The van der Waals surface area contributed by atoms with Gasteiger partial charge >= 0.3 is 0 Å². The molecule has 0 amide bonds. The lowest BCUT2D eigenvalue weighted by molar-refractivity contribution is 0.430. The number of hydrogen-bond acceptors (Lipinski definition) is 4. The summed E-state index contributed by atoms with van der Waals surface area (Å²) in [5.74, 6) is 2.35. The van der Waals surface area contributed by atoms with E-state index < -0.39 is 0 Å². The predicted molar refractivity (Wildman–Crippen MR) is 78.7 cm³/mol. The van der Waals surface area contributed by atoms with Crippen molar-refractivity contribution < 1.29 is 4.42 Å². The molecule has 0 aliphatic heterocycles. The molecule has 104 valence electrons. The van der Waals surface area contributed by atoms with Gasteiger partial charge in [-0.15, -0.1) is 0 Å². The number of nitrogen functional groups attached to an aromatic ring is 1. The van der Waals surface area contributed by atoms with Crippen LogP contribution in [0.3, 0.4) is 0 Å². The molecule has 0 spiro atoms. The van der Waals surface area contributed by atoms with Gasteiger partial charge in [0.25, 0.3) is 0 Å². The Morgan fingerprint density at radius 3 is 2.60 bits per heavy atom. The molecule has 1 atom stereocenters. The lowest BCUT2D eigenvalue weighted by atomic mass is 10.2. The molecule has 0 aliphatic carbocycles. The SMILES string of the molecule is Cc1ccc(C(C)n2c(C)c(C)c3c(N)ncnc32)o1. The topological polar surface area (TPSA) is 69.9 Å². The Morgan fingerprint density at radius 2 is 1.95 bits per heavy atom. The summed E-state index contributed by atoms with van der Waals surface area (Å²) in [4.78, 5) is 8.50. The highest BCUT2D eigenvalue weighted by Gasteiger charge is 2.21. The molecule has 1 unspecified atom stereocenters. The van der Waals surface area contributed by atoms with Crippen LogP contribution in [-0.2, 0) is 0 Å². The van der Waals surface area contributed by atoms with Gasteiger partial charge in [-0.2, -0.15) is 0 Å². The molecular formula is C15H18N4O. The summed E-state index contributed by atoms with van der Waals surface area (Å²) in [6.45, 7) is 8.17. The highest BCUT2D eigenvalue weighted by atomic mass is 16.3. The Kier molecular flexibility index (Phi) is 2.78. The average Bonchev–Trinajstić information content (AvgIpc) is 2.94. The third-order valence-electron chi connectivity index (χ3n) is 3.92. The van der Waals surface area contributed by atoms with Crippen molar-refractivity contribution in [3.05, 3.63) is 41.2 Å².